The monoisotopic (exact) mass is 429 g/mol. The van der Waals surface area contributed by atoms with E-state index in [9.17, 15) is 4.79 Å². The Hall–Kier alpha value is -3.21. The van der Waals surface area contributed by atoms with Crippen molar-refractivity contribution in [1.29, 1.82) is 0 Å². The fourth-order valence-electron chi connectivity index (χ4n) is 4.50. The van der Waals surface area contributed by atoms with E-state index in [1.807, 2.05) is 36.6 Å². The lowest BCUT2D eigenvalue weighted by molar-refractivity contribution is -0.415. The summed E-state index contributed by atoms with van der Waals surface area (Å²) in [4.78, 5) is 24.3. The number of amidine groups is 1. The number of aromatic nitrogens is 2. The van der Waals surface area contributed by atoms with Crippen LogP contribution in [0.1, 0.15) is 53.7 Å². The van der Waals surface area contributed by atoms with Gasteiger partial charge in [0, 0.05) is 12.1 Å². The van der Waals surface area contributed by atoms with E-state index in [1.54, 1.807) is 0 Å². The predicted octanol–water partition coefficient (Wildman–Crippen LogP) is 4.10. The zero-order valence-corrected chi connectivity index (χ0v) is 19.7. The van der Waals surface area contributed by atoms with Crippen LogP contribution >= 0.6 is 0 Å². The third-order valence-corrected chi connectivity index (χ3v) is 6.35. The van der Waals surface area contributed by atoms with E-state index in [0.29, 0.717) is 6.54 Å². The van der Waals surface area contributed by atoms with Crippen LogP contribution in [0.5, 0.6) is 0 Å². The number of H-pyrrole nitrogens is 1. The number of aryl methyl sites for hydroxylation is 2. The number of hydrogen-bond donors (Lipinski definition) is 0. The van der Waals surface area contributed by atoms with Crippen LogP contribution in [0.4, 0.5) is 0 Å². The second-order valence-electron chi connectivity index (χ2n) is 9.09. The summed E-state index contributed by atoms with van der Waals surface area (Å²) < 4.78 is 1.92. The number of hydrogen-bond acceptors (Lipinski definition) is 3. The molecule has 3 aromatic rings. The Labute approximate surface area is 190 Å². The molecule has 0 fully saturated rings. The third-order valence-electron chi connectivity index (χ3n) is 6.35. The van der Waals surface area contributed by atoms with Crippen molar-refractivity contribution in [2.45, 2.75) is 47.2 Å². The normalized spacial score (nSPS) is 14.7. The van der Waals surface area contributed by atoms with Gasteiger partial charge < -0.3 is 4.90 Å². The Morgan fingerprint density at radius 1 is 1.00 bits per heavy atom. The predicted molar refractivity (Wildman–Crippen MR) is 129 cm³/mol. The second-order valence-corrected chi connectivity index (χ2v) is 9.09. The van der Waals surface area contributed by atoms with Crippen molar-refractivity contribution >= 4 is 5.84 Å². The number of rotatable bonds is 6. The molecule has 5 nitrogen and oxygen atoms in total. The molecule has 2 aromatic carbocycles. The van der Waals surface area contributed by atoms with Gasteiger partial charge in [-0.2, -0.15) is 4.57 Å². The maximum atomic E-state index is 13.4. The fourth-order valence-corrected chi connectivity index (χ4v) is 4.50. The maximum Gasteiger partial charge on any atom is 0.340 e. The van der Waals surface area contributed by atoms with Crippen molar-refractivity contribution in [2.75, 3.05) is 13.1 Å². The fraction of sp³-hybridized carbons (Fsp3) is 0.370. The Bertz CT molecular complexity index is 1180. The van der Waals surface area contributed by atoms with E-state index in [0.717, 1.165) is 47.1 Å². The first kappa shape index (κ1) is 22.0. The Morgan fingerprint density at radius 3 is 2.34 bits per heavy atom. The zero-order chi connectivity index (χ0) is 22.8. The summed E-state index contributed by atoms with van der Waals surface area (Å²) in [7, 11) is 0. The molecule has 0 aliphatic carbocycles. The first-order chi connectivity index (χ1) is 15.4. The SMILES string of the molecule is Cc1ccc(C2=NCCN2[C@@H](c2[nH+]c(C)c(C)c(=O)n2Cc2ccccc2)C(C)C)cc1. The van der Waals surface area contributed by atoms with Crippen molar-refractivity contribution in [2.24, 2.45) is 10.9 Å². The average Bonchev–Trinajstić information content (AvgIpc) is 3.25. The van der Waals surface area contributed by atoms with Crippen LogP contribution in [0.25, 0.3) is 0 Å². The Balaban J connectivity index is 1.82. The van der Waals surface area contributed by atoms with Crippen LogP contribution in [0, 0.1) is 26.7 Å². The van der Waals surface area contributed by atoms with Crippen LogP contribution in [0.3, 0.4) is 0 Å². The van der Waals surface area contributed by atoms with Gasteiger partial charge in [0.05, 0.1) is 12.1 Å². The Morgan fingerprint density at radius 2 is 1.69 bits per heavy atom. The molecule has 166 valence electrons. The van der Waals surface area contributed by atoms with Crippen molar-refractivity contribution in [3.8, 4) is 0 Å². The first-order valence-corrected chi connectivity index (χ1v) is 11.4. The van der Waals surface area contributed by atoms with Crippen LogP contribution in [0.2, 0.25) is 0 Å². The van der Waals surface area contributed by atoms with Crippen LogP contribution in [-0.4, -0.2) is 28.4 Å². The summed E-state index contributed by atoms with van der Waals surface area (Å²) in [6.45, 7) is 12.6. The molecule has 0 bridgehead atoms. The van der Waals surface area contributed by atoms with E-state index < -0.39 is 0 Å². The lowest BCUT2D eigenvalue weighted by atomic mass is 9.99. The molecule has 1 aliphatic rings. The molecule has 1 aliphatic heterocycles. The van der Waals surface area contributed by atoms with Crippen LogP contribution in [-0.2, 0) is 6.54 Å². The topological polar surface area (TPSA) is 51.7 Å². The molecule has 4 rings (SSSR count). The van der Waals surface area contributed by atoms with Crippen LogP contribution in [0.15, 0.2) is 64.4 Å². The summed E-state index contributed by atoms with van der Waals surface area (Å²) in [5, 5.41) is 0. The highest BCUT2D eigenvalue weighted by Gasteiger charge is 2.37. The van der Waals surface area contributed by atoms with Gasteiger partial charge >= 0.3 is 5.56 Å². The standard InChI is InChI=1S/C27H32N4O/c1-18(2)24(30-16-15-28-25(30)23-13-11-19(3)12-14-23)26-29-21(5)20(4)27(32)31(26)17-22-9-7-6-8-10-22/h6-14,18,24H,15-17H2,1-5H3/p+1/t24-/m1/s1. The minimum atomic E-state index is 0.00765. The van der Waals surface area contributed by atoms with Crippen molar-refractivity contribution in [1.82, 2.24) is 9.47 Å². The average molecular weight is 430 g/mol. The van der Waals surface area contributed by atoms with E-state index in [2.05, 4.69) is 67.1 Å². The molecular formula is C27H33N4O+. The van der Waals surface area contributed by atoms with E-state index in [1.165, 1.54) is 5.56 Å². The second kappa shape index (κ2) is 9.11. The molecule has 1 atom stereocenters. The van der Waals surface area contributed by atoms with Gasteiger partial charge in [-0.05, 0) is 32.3 Å². The molecule has 1 aromatic heterocycles. The molecule has 0 saturated carbocycles. The molecule has 0 spiro atoms. The molecule has 0 saturated heterocycles. The summed E-state index contributed by atoms with van der Waals surface area (Å²) in [6, 6.07) is 18.8. The quantitative estimate of drug-likeness (QED) is 0.592. The van der Waals surface area contributed by atoms with Gasteiger partial charge in [-0.1, -0.05) is 74.0 Å². The smallest absolute Gasteiger partial charge is 0.340 e. The lowest BCUT2D eigenvalue weighted by Gasteiger charge is -2.32. The summed E-state index contributed by atoms with van der Waals surface area (Å²) in [5.74, 6) is 2.23. The van der Waals surface area contributed by atoms with Gasteiger partial charge in [0.1, 0.15) is 24.1 Å². The van der Waals surface area contributed by atoms with E-state index in [-0.39, 0.29) is 17.5 Å². The number of benzene rings is 2. The van der Waals surface area contributed by atoms with Gasteiger partial charge in [-0.15, -0.1) is 0 Å². The number of nitrogens with zero attached hydrogens (tertiary/aromatic N) is 3. The van der Waals surface area contributed by atoms with Crippen molar-refractivity contribution < 1.29 is 4.98 Å². The molecule has 0 amide bonds. The largest absolute Gasteiger partial charge is 0.340 e. The minimum Gasteiger partial charge on any atom is -0.340 e. The molecule has 1 N–H and O–H groups in total. The summed E-state index contributed by atoms with van der Waals surface area (Å²) in [6.07, 6.45) is 0. The highest BCUT2D eigenvalue weighted by atomic mass is 16.1. The van der Waals surface area contributed by atoms with Crippen LogP contribution < -0.4 is 10.5 Å². The summed E-state index contributed by atoms with van der Waals surface area (Å²) in [5.41, 5.74) is 5.23. The van der Waals surface area contributed by atoms with Gasteiger partial charge in [0.2, 0.25) is 0 Å². The zero-order valence-electron chi connectivity index (χ0n) is 19.7. The number of nitrogens with one attached hydrogen (secondary N) is 1. The van der Waals surface area contributed by atoms with E-state index in [4.69, 9.17) is 4.99 Å². The third kappa shape index (κ3) is 4.24. The Kier molecular flexibility index (Phi) is 6.26. The molecule has 0 radical (unpaired) electrons. The first-order valence-electron chi connectivity index (χ1n) is 11.4. The van der Waals surface area contributed by atoms with Crippen molar-refractivity contribution in [3.63, 3.8) is 0 Å². The van der Waals surface area contributed by atoms with Gasteiger partial charge in [0.25, 0.3) is 5.82 Å². The lowest BCUT2D eigenvalue weighted by Crippen LogP contribution is -2.45. The molecular weight excluding hydrogens is 396 g/mol. The maximum absolute atomic E-state index is 13.4. The molecule has 0 unspecified atom stereocenters. The molecule has 2 heterocycles. The molecule has 32 heavy (non-hydrogen) atoms. The minimum absolute atomic E-state index is 0.00765. The van der Waals surface area contributed by atoms with Gasteiger partial charge in [-0.25, -0.2) is 9.78 Å². The van der Waals surface area contributed by atoms with E-state index >= 15 is 0 Å². The molecule has 5 heteroatoms. The van der Waals surface area contributed by atoms with Gasteiger partial charge in [0.15, 0.2) is 0 Å². The highest BCUT2D eigenvalue weighted by Crippen LogP contribution is 2.30. The highest BCUT2D eigenvalue weighted by molar-refractivity contribution is 6.00. The van der Waals surface area contributed by atoms with Gasteiger partial charge in [-0.3, -0.25) is 4.99 Å². The number of aliphatic imine (C=N–C) groups is 1. The number of aromatic amines is 1. The van der Waals surface area contributed by atoms with Crippen molar-refractivity contribution in [3.05, 3.63) is 98.7 Å². The summed E-state index contributed by atoms with van der Waals surface area (Å²) >= 11 is 0.